The second-order valence-corrected chi connectivity index (χ2v) is 4.31. The third-order valence-corrected chi connectivity index (χ3v) is 1.99. The fourth-order valence-electron chi connectivity index (χ4n) is 1.14. The van der Waals surface area contributed by atoms with Gasteiger partial charge in [0.15, 0.2) is 0 Å². The van der Waals surface area contributed by atoms with Crippen molar-refractivity contribution in [3.63, 3.8) is 0 Å². The Morgan fingerprint density at radius 1 is 1.53 bits per heavy atom. The molecular formula is C11H20N2O2. The first kappa shape index (κ1) is 13.8. The Morgan fingerprint density at radius 2 is 2.13 bits per heavy atom. The number of hydrogen-bond acceptors (Lipinski definition) is 3. The second-order valence-electron chi connectivity index (χ2n) is 4.31. The highest BCUT2D eigenvalue weighted by atomic mass is 16.2. The molecule has 0 heterocycles. The summed E-state index contributed by atoms with van der Waals surface area (Å²) in [5.74, 6) is 0.198. The van der Waals surface area contributed by atoms with Gasteiger partial charge in [-0.05, 0) is 26.2 Å². The van der Waals surface area contributed by atoms with Crippen molar-refractivity contribution in [3.05, 3.63) is 0 Å². The van der Waals surface area contributed by atoms with Crippen molar-refractivity contribution in [1.29, 1.82) is 0 Å². The molecule has 0 rings (SSSR count). The lowest BCUT2D eigenvalue weighted by Gasteiger charge is -2.19. The summed E-state index contributed by atoms with van der Waals surface area (Å²) >= 11 is 0. The molecule has 0 spiro atoms. The van der Waals surface area contributed by atoms with E-state index in [9.17, 15) is 9.59 Å². The number of hydrogen-bond donors (Lipinski definition) is 1. The zero-order valence-corrected chi connectivity index (χ0v) is 9.91. The van der Waals surface area contributed by atoms with Crippen LogP contribution in [-0.4, -0.2) is 31.0 Å². The molecule has 0 bridgehead atoms. The maximum atomic E-state index is 11.4. The molecule has 4 heteroatoms. The SMILES string of the molecule is CN=CC(C)CCC(=O)NC(C)(C)C=O. The van der Waals surface area contributed by atoms with Crippen LogP contribution in [0.5, 0.6) is 0 Å². The molecule has 0 aliphatic rings. The van der Waals surface area contributed by atoms with Gasteiger partial charge in [0.05, 0.1) is 5.54 Å². The molecule has 0 aliphatic carbocycles. The van der Waals surface area contributed by atoms with Gasteiger partial charge in [0.25, 0.3) is 0 Å². The van der Waals surface area contributed by atoms with Gasteiger partial charge in [-0.1, -0.05) is 6.92 Å². The molecule has 0 aromatic heterocycles. The van der Waals surface area contributed by atoms with Crippen molar-refractivity contribution >= 4 is 18.4 Å². The van der Waals surface area contributed by atoms with E-state index in [1.165, 1.54) is 0 Å². The van der Waals surface area contributed by atoms with Gasteiger partial charge in [-0.25, -0.2) is 0 Å². The van der Waals surface area contributed by atoms with Gasteiger partial charge in [0, 0.05) is 19.7 Å². The zero-order chi connectivity index (χ0) is 11.9. The minimum absolute atomic E-state index is 0.0940. The van der Waals surface area contributed by atoms with E-state index in [2.05, 4.69) is 10.3 Å². The van der Waals surface area contributed by atoms with E-state index in [0.29, 0.717) is 12.3 Å². The standard InChI is InChI=1S/C11H20N2O2/c1-9(7-12-4)5-6-10(15)13-11(2,3)8-14/h7-9H,5-6H2,1-4H3,(H,13,15). The monoisotopic (exact) mass is 212 g/mol. The number of amides is 1. The van der Waals surface area contributed by atoms with Gasteiger partial charge < -0.3 is 15.1 Å². The number of rotatable bonds is 6. The van der Waals surface area contributed by atoms with Crippen molar-refractivity contribution in [2.24, 2.45) is 10.9 Å². The molecule has 0 fully saturated rings. The van der Waals surface area contributed by atoms with Crippen molar-refractivity contribution < 1.29 is 9.59 Å². The van der Waals surface area contributed by atoms with Crippen LogP contribution in [0.3, 0.4) is 0 Å². The smallest absolute Gasteiger partial charge is 0.220 e. The summed E-state index contributed by atoms with van der Waals surface area (Å²) in [5, 5.41) is 2.65. The lowest BCUT2D eigenvalue weighted by Crippen LogP contribution is -2.44. The van der Waals surface area contributed by atoms with Crippen LogP contribution in [0.4, 0.5) is 0 Å². The van der Waals surface area contributed by atoms with E-state index in [4.69, 9.17) is 0 Å². The van der Waals surface area contributed by atoms with Crippen LogP contribution >= 0.6 is 0 Å². The second kappa shape index (κ2) is 6.32. The molecule has 0 saturated heterocycles. The molecular weight excluding hydrogens is 192 g/mol. The quantitative estimate of drug-likeness (QED) is 0.531. The zero-order valence-electron chi connectivity index (χ0n) is 9.91. The Bertz CT molecular complexity index is 247. The topological polar surface area (TPSA) is 58.5 Å². The summed E-state index contributed by atoms with van der Waals surface area (Å²) in [6.07, 6.45) is 3.72. The first-order chi connectivity index (χ1) is 6.91. The van der Waals surface area contributed by atoms with E-state index in [-0.39, 0.29) is 5.91 Å². The minimum atomic E-state index is -0.765. The van der Waals surface area contributed by atoms with Gasteiger partial charge in [-0.15, -0.1) is 0 Å². The van der Waals surface area contributed by atoms with Crippen molar-refractivity contribution in [2.45, 2.75) is 39.2 Å². The normalized spacial score (nSPS) is 13.9. The average Bonchev–Trinajstić information content (AvgIpc) is 2.15. The molecule has 0 aromatic carbocycles. The van der Waals surface area contributed by atoms with Crippen LogP contribution in [0.2, 0.25) is 0 Å². The molecule has 0 aromatic rings. The average molecular weight is 212 g/mol. The molecule has 15 heavy (non-hydrogen) atoms. The molecule has 4 nitrogen and oxygen atoms in total. The van der Waals surface area contributed by atoms with Crippen molar-refractivity contribution in [3.8, 4) is 0 Å². The van der Waals surface area contributed by atoms with Crippen LogP contribution in [0.15, 0.2) is 4.99 Å². The van der Waals surface area contributed by atoms with Crippen LogP contribution in [0.1, 0.15) is 33.6 Å². The van der Waals surface area contributed by atoms with E-state index >= 15 is 0 Å². The van der Waals surface area contributed by atoms with Gasteiger partial charge >= 0.3 is 0 Å². The van der Waals surface area contributed by atoms with Crippen molar-refractivity contribution in [1.82, 2.24) is 5.32 Å². The van der Waals surface area contributed by atoms with Gasteiger partial charge in [0.1, 0.15) is 6.29 Å². The lowest BCUT2D eigenvalue weighted by atomic mass is 10.0. The number of aldehydes is 1. The van der Waals surface area contributed by atoms with E-state index in [0.717, 1.165) is 12.7 Å². The first-order valence-corrected chi connectivity index (χ1v) is 5.11. The van der Waals surface area contributed by atoms with E-state index in [1.54, 1.807) is 20.9 Å². The van der Waals surface area contributed by atoms with Crippen LogP contribution in [-0.2, 0) is 9.59 Å². The number of aliphatic imine (C=N–C) groups is 1. The Kier molecular flexibility index (Phi) is 5.82. The van der Waals surface area contributed by atoms with Gasteiger partial charge in [-0.2, -0.15) is 0 Å². The predicted octanol–water partition coefficient (Wildman–Crippen LogP) is 1.20. The Labute approximate surface area is 91.2 Å². The van der Waals surface area contributed by atoms with Crippen molar-refractivity contribution in [2.75, 3.05) is 7.05 Å². The highest BCUT2D eigenvalue weighted by Crippen LogP contribution is 2.04. The maximum absolute atomic E-state index is 11.4. The van der Waals surface area contributed by atoms with E-state index < -0.39 is 5.54 Å². The Balaban J connectivity index is 3.90. The molecule has 86 valence electrons. The molecule has 1 atom stereocenters. The largest absolute Gasteiger partial charge is 0.344 e. The fourth-order valence-corrected chi connectivity index (χ4v) is 1.14. The summed E-state index contributed by atoms with van der Waals surface area (Å²) in [6.45, 7) is 5.36. The third kappa shape index (κ3) is 6.82. The highest BCUT2D eigenvalue weighted by Gasteiger charge is 2.18. The van der Waals surface area contributed by atoms with Crippen LogP contribution in [0, 0.1) is 5.92 Å². The minimum Gasteiger partial charge on any atom is -0.344 e. The van der Waals surface area contributed by atoms with E-state index in [1.807, 2.05) is 13.1 Å². The summed E-state index contributed by atoms with van der Waals surface area (Å²) < 4.78 is 0. The fraction of sp³-hybridized carbons (Fsp3) is 0.727. The molecule has 1 amide bonds. The molecule has 0 saturated carbocycles. The Hall–Kier alpha value is -1.19. The van der Waals surface area contributed by atoms with Crippen LogP contribution < -0.4 is 5.32 Å². The molecule has 1 unspecified atom stereocenters. The summed E-state index contributed by atoms with van der Waals surface area (Å²) in [4.78, 5) is 25.9. The van der Waals surface area contributed by atoms with Gasteiger partial charge in [-0.3, -0.25) is 4.79 Å². The first-order valence-electron chi connectivity index (χ1n) is 5.11. The summed E-state index contributed by atoms with van der Waals surface area (Å²) in [6, 6.07) is 0. The van der Waals surface area contributed by atoms with Gasteiger partial charge in [0.2, 0.25) is 5.91 Å². The summed E-state index contributed by atoms with van der Waals surface area (Å²) in [5.41, 5.74) is -0.765. The molecule has 0 aliphatic heterocycles. The predicted molar refractivity (Wildman–Crippen MR) is 61.1 cm³/mol. The molecule has 1 N–H and O–H groups in total. The summed E-state index contributed by atoms with van der Waals surface area (Å²) in [7, 11) is 1.71. The van der Waals surface area contributed by atoms with Crippen LogP contribution in [0.25, 0.3) is 0 Å². The maximum Gasteiger partial charge on any atom is 0.220 e. The number of nitrogens with zero attached hydrogens (tertiary/aromatic N) is 1. The number of nitrogens with one attached hydrogen (secondary N) is 1. The number of carbonyl (C=O) groups is 2. The number of carbonyl (C=O) groups excluding carboxylic acids is 2. The Morgan fingerprint density at radius 3 is 2.60 bits per heavy atom. The lowest BCUT2D eigenvalue weighted by molar-refractivity contribution is -0.126. The highest BCUT2D eigenvalue weighted by molar-refractivity contribution is 5.81. The molecule has 0 radical (unpaired) electrons. The third-order valence-electron chi connectivity index (χ3n) is 1.99.